The quantitative estimate of drug-likeness (QED) is 0.226. The van der Waals surface area contributed by atoms with Crippen molar-refractivity contribution < 1.29 is 48.2 Å². The summed E-state index contributed by atoms with van der Waals surface area (Å²) in [5, 5.41) is 59.0. The lowest BCUT2D eigenvalue weighted by atomic mass is 9.92. The van der Waals surface area contributed by atoms with Gasteiger partial charge in [-0.05, 0) is 29.3 Å². The number of halogens is 4. The van der Waals surface area contributed by atoms with E-state index in [2.05, 4.69) is 5.73 Å². The topological polar surface area (TPSA) is 121 Å². The molecule has 0 aliphatic rings. The van der Waals surface area contributed by atoms with E-state index in [4.69, 9.17) is 5.11 Å². The molecule has 2 rings (SSSR count). The van der Waals surface area contributed by atoms with Crippen molar-refractivity contribution in [2.45, 2.75) is 43.4 Å². The summed E-state index contributed by atoms with van der Waals surface area (Å²) < 4.78 is 54.2. The van der Waals surface area contributed by atoms with Crippen molar-refractivity contribution in [2.75, 3.05) is 6.61 Å². The Morgan fingerprint density at radius 1 is 0.788 bits per heavy atom. The lowest BCUT2D eigenvalue weighted by Gasteiger charge is -2.29. The van der Waals surface area contributed by atoms with Crippen LogP contribution in [0.4, 0.5) is 17.6 Å². The Kier molecular flexibility index (Phi) is 9.75. The van der Waals surface area contributed by atoms with Gasteiger partial charge in [0.05, 0.1) is 6.61 Å². The zero-order chi connectivity index (χ0) is 24.7. The highest BCUT2D eigenvalue weighted by Gasteiger charge is 2.35. The molecule has 6 N–H and O–H groups in total. The van der Waals surface area contributed by atoms with E-state index in [1.165, 1.54) is 12.1 Å². The Balaban J connectivity index is 2.37. The molecule has 10 heteroatoms. The van der Waals surface area contributed by atoms with E-state index < -0.39 is 66.8 Å². The molecule has 0 fully saturated rings. The van der Waals surface area contributed by atoms with Crippen LogP contribution in [0.15, 0.2) is 53.8 Å². The van der Waals surface area contributed by atoms with Gasteiger partial charge in [0.2, 0.25) is 0 Å². The number of rotatable bonds is 10. The van der Waals surface area contributed by atoms with Gasteiger partial charge >= 0.3 is 0 Å². The summed E-state index contributed by atoms with van der Waals surface area (Å²) in [7, 11) is 0. The molecule has 2 aromatic rings. The normalized spacial score (nSPS) is 15.8. The highest BCUT2D eigenvalue weighted by molar-refractivity contribution is 5.27. The van der Waals surface area contributed by atoms with Crippen molar-refractivity contribution in [3.8, 4) is 0 Å². The maximum Gasteiger partial charge on any atom is 0.129 e. The van der Waals surface area contributed by atoms with Crippen molar-refractivity contribution in [2.24, 2.45) is 0 Å². The fraction of sp³-hybridized carbons (Fsp3) is 0.348. The highest BCUT2D eigenvalue weighted by atomic mass is 19.1. The Morgan fingerprint density at radius 2 is 1.33 bits per heavy atom. The summed E-state index contributed by atoms with van der Waals surface area (Å²) in [5.41, 5.74) is 2.33. The van der Waals surface area contributed by atoms with Gasteiger partial charge in [-0.15, -0.1) is 5.73 Å². The van der Waals surface area contributed by atoms with Crippen LogP contribution >= 0.6 is 0 Å². The molecule has 0 amide bonds. The summed E-state index contributed by atoms with van der Waals surface area (Å²) in [5.74, 6) is -3.42. The van der Waals surface area contributed by atoms with E-state index in [1.54, 1.807) is 0 Å². The van der Waals surface area contributed by atoms with E-state index >= 15 is 0 Å². The van der Waals surface area contributed by atoms with E-state index in [0.29, 0.717) is 12.1 Å². The van der Waals surface area contributed by atoms with Crippen LogP contribution in [0, 0.1) is 23.3 Å². The van der Waals surface area contributed by atoms with Gasteiger partial charge in [0.1, 0.15) is 53.8 Å². The number of benzene rings is 2. The minimum absolute atomic E-state index is 0.0766. The summed E-state index contributed by atoms with van der Waals surface area (Å²) in [4.78, 5) is 0. The van der Waals surface area contributed by atoms with Gasteiger partial charge in [0, 0.05) is 30.5 Å². The van der Waals surface area contributed by atoms with Gasteiger partial charge in [-0.1, -0.05) is 12.1 Å². The first-order valence-electron chi connectivity index (χ1n) is 9.88. The van der Waals surface area contributed by atoms with Crippen LogP contribution in [-0.4, -0.2) is 67.8 Å². The van der Waals surface area contributed by atoms with Crippen molar-refractivity contribution in [1.82, 2.24) is 0 Å². The molecule has 0 saturated carbocycles. The SMILES string of the molecule is OC[C@H](O)[C@@H](O)[C@H](O)[C@H](O)C(O)C(=C=CCc1ccc(F)cc1F)Cc1ccc(F)cc1F. The molecule has 33 heavy (non-hydrogen) atoms. The molecule has 0 aliphatic carbocycles. The third-order valence-corrected chi connectivity index (χ3v) is 4.98. The summed E-state index contributed by atoms with van der Waals surface area (Å²) >= 11 is 0. The second-order valence-electron chi connectivity index (χ2n) is 7.39. The summed E-state index contributed by atoms with van der Waals surface area (Å²) in [6, 6.07) is 5.55. The van der Waals surface area contributed by atoms with E-state index in [1.807, 2.05) is 0 Å². The molecule has 180 valence electrons. The molecule has 0 saturated heterocycles. The van der Waals surface area contributed by atoms with Crippen LogP contribution in [-0.2, 0) is 12.8 Å². The average Bonchev–Trinajstić information content (AvgIpc) is 2.78. The Bertz CT molecular complexity index is 1010. The first-order valence-corrected chi connectivity index (χ1v) is 9.88. The second-order valence-corrected chi connectivity index (χ2v) is 7.39. The number of aliphatic hydroxyl groups is 6. The number of aliphatic hydroxyl groups excluding tert-OH is 6. The van der Waals surface area contributed by atoms with Crippen molar-refractivity contribution in [3.63, 3.8) is 0 Å². The van der Waals surface area contributed by atoms with Crippen molar-refractivity contribution in [3.05, 3.63) is 88.2 Å². The minimum Gasteiger partial charge on any atom is -0.394 e. The minimum atomic E-state index is -2.12. The lowest BCUT2D eigenvalue weighted by Crippen LogP contribution is -2.50. The average molecular weight is 472 g/mol. The molecule has 1 unspecified atom stereocenters. The maximum absolute atomic E-state index is 14.1. The molecule has 2 aromatic carbocycles. The fourth-order valence-corrected chi connectivity index (χ4v) is 3.02. The standard InChI is InChI=1S/C23H24F4O6/c24-15-6-4-12(17(26)9-15)2-1-3-14(8-13-5-7-16(25)10-18(13)27)20(30)22(32)23(33)21(31)19(29)11-28/h1,4-7,9-10,19-23,28-33H,2,8,11H2/t3?,19-,20?,21+,22+,23-/m0/s1. The van der Waals surface area contributed by atoms with Gasteiger partial charge in [0.25, 0.3) is 0 Å². The highest BCUT2D eigenvalue weighted by Crippen LogP contribution is 2.20. The third-order valence-electron chi connectivity index (χ3n) is 4.98. The first-order chi connectivity index (χ1) is 15.5. The molecule has 0 aromatic heterocycles. The molecule has 0 aliphatic heterocycles. The largest absolute Gasteiger partial charge is 0.394 e. The summed E-state index contributed by atoms with van der Waals surface area (Å²) in [6.07, 6.45) is -9.36. The van der Waals surface area contributed by atoms with Gasteiger partial charge in [-0.2, -0.15) is 0 Å². The predicted octanol–water partition coefficient (Wildman–Crippen LogP) is 0.907. The third kappa shape index (κ3) is 7.21. The molecule has 5 atom stereocenters. The monoisotopic (exact) mass is 472 g/mol. The molecular weight excluding hydrogens is 448 g/mol. The lowest BCUT2D eigenvalue weighted by molar-refractivity contribution is -0.134. The Morgan fingerprint density at radius 3 is 1.85 bits per heavy atom. The van der Waals surface area contributed by atoms with Crippen LogP contribution in [0.5, 0.6) is 0 Å². The number of hydrogen-bond acceptors (Lipinski definition) is 6. The van der Waals surface area contributed by atoms with Crippen LogP contribution in [0.2, 0.25) is 0 Å². The van der Waals surface area contributed by atoms with E-state index in [0.717, 1.165) is 18.2 Å². The van der Waals surface area contributed by atoms with Gasteiger partial charge in [-0.3, -0.25) is 0 Å². The Hall–Kier alpha value is -2.56. The zero-order valence-electron chi connectivity index (χ0n) is 17.2. The van der Waals surface area contributed by atoms with E-state index in [9.17, 15) is 43.1 Å². The van der Waals surface area contributed by atoms with Crippen molar-refractivity contribution in [1.29, 1.82) is 0 Å². The molecular formula is C23H24F4O6. The molecule has 0 spiro atoms. The van der Waals surface area contributed by atoms with Crippen LogP contribution < -0.4 is 0 Å². The van der Waals surface area contributed by atoms with Crippen LogP contribution in [0.1, 0.15) is 11.1 Å². The van der Waals surface area contributed by atoms with Crippen LogP contribution in [0.25, 0.3) is 0 Å². The summed E-state index contributed by atoms with van der Waals surface area (Å²) in [6.45, 7) is -0.937. The molecule has 0 bridgehead atoms. The Labute approximate surface area is 187 Å². The number of hydrogen-bond donors (Lipinski definition) is 6. The van der Waals surface area contributed by atoms with E-state index in [-0.39, 0.29) is 23.1 Å². The van der Waals surface area contributed by atoms with Gasteiger partial charge in [-0.25, -0.2) is 17.6 Å². The van der Waals surface area contributed by atoms with Crippen LogP contribution in [0.3, 0.4) is 0 Å². The zero-order valence-corrected chi connectivity index (χ0v) is 17.2. The van der Waals surface area contributed by atoms with Gasteiger partial charge in [0.15, 0.2) is 0 Å². The smallest absolute Gasteiger partial charge is 0.129 e. The van der Waals surface area contributed by atoms with Gasteiger partial charge < -0.3 is 30.6 Å². The first kappa shape index (κ1) is 26.7. The maximum atomic E-state index is 14.1. The molecule has 0 heterocycles. The molecule has 6 nitrogen and oxygen atoms in total. The predicted molar refractivity (Wildman–Crippen MR) is 109 cm³/mol. The second kappa shape index (κ2) is 12.1. The fourth-order valence-electron chi connectivity index (χ4n) is 3.02. The molecule has 0 radical (unpaired) electrons. The van der Waals surface area contributed by atoms with Crippen molar-refractivity contribution >= 4 is 0 Å².